The van der Waals surface area contributed by atoms with E-state index in [0.29, 0.717) is 29.7 Å². The number of carbonyl (C=O) groups is 2. The van der Waals surface area contributed by atoms with Gasteiger partial charge >= 0.3 is 0 Å². The Morgan fingerprint density at radius 1 is 1.06 bits per heavy atom. The van der Waals surface area contributed by atoms with Crippen LogP contribution in [0.4, 0.5) is 0 Å². The number of amides is 1. The first kappa shape index (κ1) is 22.2. The van der Waals surface area contributed by atoms with Crippen molar-refractivity contribution in [2.24, 2.45) is 0 Å². The minimum atomic E-state index is -0.430. The highest BCUT2D eigenvalue weighted by atomic mass is 35.5. The Bertz CT molecular complexity index is 1090. The summed E-state index contributed by atoms with van der Waals surface area (Å²) in [7, 11) is 1.43. The van der Waals surface area contributed by atoms with Gasteiger partial charge in [0.1, 0.15) is 5.75 Å². The first-order chi connectivity index (χ1) is 15.3. The fraction of sp³-hybridized carbons (Fsp3) is 0.360. The van der Waals surface area contributed by atoms with Crippen molar-refractivity contribution in [2.75, 3.05) is 7.11 Å². The van der Waals surface area contributed by atoms with Gasteiger partial charge in [-0.3, -0.25) is 9.59 Å². The summed E-state index contributed by atoms with van der Waals surface area (Å²) >= 11 is 6.17. The van der Waals surface area contributed by atoms with E-state index in [0.717, 1.165) is 11.3 Å². The number of methoxy groups -OCH3 is 1. The molecule has 0 saturated heterocycles. The summed E-state index contributed by atoms with van der Waals surface area (Å²) in [5, 5.41) is 13.1. The van der Waals surface area contributed by atoms with Gasteiger partial charge in [0.2, 0.25) is 5.91 Å². The molecule has 0 saturated carbocycles. The lowest BCUT2D eigenvalue weighted by Gasteiger charge is -2.34. The Morgan fingerprint density at radius 2 is 1.78 bits per heavy atom. The zero-order valence-corrected chi connectivity index (χ0v) is 19.0. The first-order valence-corrected chi connectivity index (χ1v) is 11.0. The molecule has 2 atom stereocenters. The Balaban J connectivity index is 1.66. The number of hydrogen-bond acceptors (Lipinski definition) is 5. The fourth-order valence-corrected chi connectivity index (χ4v) is 4.74. The third-order valence-corrected chi connectivity index (χ3v) is 6.22. The molecule has 1 aliphatic heterocycles. The second kappa shape index (κ2) is 8.87. The second-order valence-corrected chi connectivity index (χ2v) is 8.92. The van der Waals surface area contributed by atoms with Crippen LogP contribution in [-0.4, -0.2) is 30.0 Å². The van der Waals surface area contributed by atoms with Crippen molar-refractivity contribution in [1.82, 2.24) is 5.32 Å². The number of phenols is 1. The topological polar surface area (TPSA) is 84.9 Å². The average Bonchev–Trinajstić information content (AvgIpc) is 2.74. The third-order valence-electron chi connectivity index (χ3n) is 5.93. The Hall–Kier alpha value is -2.99. The van der Waals surface area contributed by atoms with Gasteiger partial charge < -0.3 is 19.9 Å². The molecule has 2 aromatic rings. The van der Waals surface area contributed by atoms with Crippen molar-refractivity contribution in [3.63, 3.8) is 0 Å². The molecule has 2 aromatic carbocycles. The smallest absolute Gasteiger partial charge is 0.225 e. The molecule has 1 amide bonds. The highest BCUT2D eigenvalue weighted by molar-refractivity contribution is 6.32. The van der Waals surface area contributed by atoms with E-state index in [4.69, 9.17) is 21.1 Å². The number of aromatic hydroxyl groups is 1. The summed E-state index contributed by atoms with van der Waals surface area (Å²) < 4.78 is 10.9. The molecular formula is C25H26ClNO5. The number of ketones is 1. The zero-order valence-electron chi connectivity index (χ0n) is 18.3. The number of rotatable bonds is 5. The van der Waals surface area contributed by atoms with Gasteiger partial charge in [-0.05, 0) is 61.6 Å². The predicted molar refractivity (Wildman–Crippen MR) is 121 cm³/mol. The van der Waals surface area contributed by atoms with E-state index in [1.54, 1.807) is 12.1 Å². The number of Topliss-reactive ketones (excluding diaryl/α,β-unsaturated/α-hetero) is 1. The molecule has 6 nitrogen and oxygen atoms in total. The van der Waals surface area contributed by atoms with Crippen molar-refractivity contribution in [3.8, 4) is 17.2 Å². The van der Waals surface area contributed by atoms with Gasteiger partial charge in [-0.2, -0.15) is 0 Å². The molecule has 0 radical (unpaired) electrons. The van der Waals surface area contributed by atoms with Crippen molar-refractivity contribution >= 4 is 23.3 Å². The molecule has 2 aliphatic rings. The number of hydrogen-bond donors (Lipinski definition) is 2. The Labute approximate surface area is 192 Å². The lowest BCUT2D eigenvalue weighted by Crippen LogP contribution is -2.38. The molecule has 32 heavy (non-hydrogen) atoms. The molecule has 0 bridgehead atoms. The molecule has 7 heteroatoms. The van der Waals surface area contributed by atoms with Crippen LogP contribution in [0, 0.1) is 0 Å². The van der Waals surface area contributed by atoms with Crippen LogP contribution >= 0.6 is 11.6 Å². The van der Waals surface area contributed by atoms with Crippen molar-refractivity contribution in [1.29, 1.82) is 0 Å². The quantitative estimate of drug-likeness (QED) is 0.673. The molecule has 0 aromatic heterocycles. The Morgan fingerprint density at radius 3 is 2.44 bits per heavy atom. The van der Waals surface area contributed by atoms with E-state index < -0.39 is 5.92 Å². The summed E-state index contributed by atoms with van der Waals surface area (Å²) in [5.41, 5.74) is 2.99. The molecule has 2 N–H and O–H groups in total. The van der Waals surface area contributed by atoms with Crippen LogP contribution in [0.1, 0.15) is 56.1 Å². The van der Waals surface area contributed by atoms with Crippen molar-refractivity contribution in [2.45, 2.75) is 51.0 Å². The van der Waals surface area contributed by atoms with Gasteiger partial charge in [0.15, 0.2) is 17.3 Å². The number of carbonyl (C=O) groups excluding carboxylic acids is 2. The van der Waals surface area contributed by atoms with Crippen LogP contribution in [0.15, 0.2) is 47.7 Å². The predicted octanol–water partition coefficient (Wildman–Crippen LogP) is 4.85. The van der Waals surface area contributed by atoms with Gasteiger partial charge in [-0.25, -0.2) is 0 Å². The van der Waals surface area contributed by atoms with Gasteiger partial charge in [-0.1, -0.05) is 23.7 Å². The van der Waals surface area contributed by atoms with E-state index >= 15 is 0 Å². The number of nitrogens with one attached hydrogen (secondary N) is 1. The third kappa shape index (κ3) is 4.32. The lowest BCUT2D eigenvalue weighted by atomic mass is 9.73. The normalized spacial score (nSPS) is 20.8. The van der Waals surface area contributed by atoms with Crippen molar-refractivity contribution in [3.05, 3.63) is 63.8 Å². The van der Waals surface area contributed by atoms with E-state index in [1.165, 1.54) is 7.11 Å². The largest absolute Gasteiger partial charge is 0.503 e. The van der Waals surface area contributed by atoms with Gasteiger partial charge in [0.25, 0.3) is 0 Å². The number of phenolic OH excluding ortho intramolecular Hbond substituents is 1. The summed E-state index contributed by atoms with van der Waals surface area (Å²) in [5.74, 6) is 0.248. The number of ether oxygens (including phenoxy) is 2. The zero-order chi connectivity index (χ0) is 23.0. The highest BCUT2D eigenvalue weighted by Crippen LogP contribution is 2.45. The molecule has 1 aliphatic carbocycles. The maximum Gasteiger partial charge on any atom is 0.225 e. The SMILES string of the molecule is COc1cc(C2CC(=O)NC3=C2C(=O)CC(c2ccc(OC(C)C)cc2)C3)cc(Cl)c1O. The van der Waals surface area contributed by atoms with E-state index in [9.17, 15) is 14.7 Å². The monoisotopic (exact) mass is 455 g/mol. The van der Waals surface area contributed by atoms with Gasteiger partial charge in [-0.15, -0.1) is 0 Å². The van der Waals surface area contributed by atoms with Crippen LogP contribution in [0.25, 0.3) is 0 Å². The fourth-order valence-electron chi connectivity index (χ4n) is 4.52. The maximum atomic E-state index is 13.3. The molecule has 1 heterocycles. The minimum absolute atomic E-state index is 0.00641. The molecule has 0 fully saturated rings. The standard InChI is InChI=1S/C25H26ClNO5/c1-13(2)32-17-6-4-14(5-7-17)15-9-20-24(21(28)10-15)18(12-23(29)27-20)16-8-19(26)25(30)22(11-16)31-3/h4-8,11,13,15,18,30H,9-10,12H2,1-3H3,(H,27,29). The number of halogens is 1. The summed E-state index contributed by atoms with van der Waals surface area (Å²) in [4.78, 5) is 25.8. The molecule has 2 unspecified atom stereocenters. The molecule has 4 rings (SSSR count). The molecule has 168 valence electrons. The number of allylic oxidation sites excluding steroid dienone is 2. The van der Waals surface area contributed by atoms with Crippen LogP contribution in [0.2, 0.25) is 5.02 Å². The minimum Gasteiger partial charge on any atom is -0.503 e. The van der Waals surface area contributed by atoms with E-state index in [-0.39, 0.29) is 46.7 Å². The molecule has 0 spiro atoms. The Kier molecular flexibility index (Phi) is 6.15. The lowest BCUT2D eigenvalue weighted by molar-refractivity contribution is -0.122. The van der Waals surface area contributed by atoms with Crippen LogP contribution in [0.3, 0.4) is 0 Å². The summed E-state index contributed by atoms with van der Waals surface area (Å²) in [6.45, 7) is 3.95. The first-order valence-electron chi connectivity index (χ1n) is 10.7. The highest BCUT2D eigenvalue weighted by Gasteiger charge is 2.38. The van der Waals surface area contributed by atoms with E-state index in [1.807, 2.05) is 38.1 Å². The maximum absolute atomic E-state index is 13.3. The second-order valence-electron chi connectivity index (χ2n) is 8.51. The number of benzene rings is 2. The summed E-state index contributed by atoms with van der Waals surface area (Å²) in [6.07, 6.45) is 1.15. The summed E-state index contributed by atoms with van der Waals surface area (Å²) in [6, 6.07) is 11.0. The van der Waals surface area contributed by atoms with Crippen LogP contribution in [0.5, 0.6) is 17.2 Å². The molecular weight excluding hydrogens is 430 g/mol. The van der Waals surface area contributed by atoms with Gasteiger partial charge in [0, 0.05) is 30.0 Å². The van der Waals surface area contributed by atoms with Crippen LogP contribution in [-0.2, 0) is 9.59 Å². The van der Waals surface area contributed by atoms with Gasteiger partial charge in [0.05, 0.1) is 18.2 Å². The van der Waals surface area contributed by atoms with Crippen molar-refractivity contribution < 1.29 is 24.2 Å². The average molecular weight is 456 g/mol. The van der Waals surface area contributed by atoms with E-state index in [2.05, 4.69) is 5.32 Å². The van der Waals surface area contributed by atoms with Crippen LogP contribution < -0.4 is 14.8 Å².